The third-order valence-electron chi connectivity index (χ3n) is 3.01. The molecule has 0 saturated heterocycles. The Balaban J connectivity index is 2.09. The minimum atomic E-state index is -0.380. The first-order chi connectivity index (χ1) is 9.29. The molecule has 3 aromatic rings. The molecule has 0 aliphatic rings. The maximum absolute atomic E-state index is 13.6. The summed E-state index contributed by atoms with van der Waals surface area (Å²) in [5.41, 5.74) is 3.81. The molecule has 0 radical (unpaired) electrons. The van der Waals surface area contributed by atoms with E-state index < -0.39 is 0 Å². The molecule has 1 atom stereocenters. The number of hydrazine groups is 1. The van der Waals surface area contributed by atoms with E-state index in [2.05, 4.69) is 10.4 Å². The number of halogens is 1. The van der Waals surface area contributed by atoms with Crippen molar-refractivity contribution in [1.29, 1.82) is 0 Å². The lowest BCUT2D eigenvalue weighted by Crippen LogP contribution is -2.28. The average Bonchev–Trinajstić information content (AvgIpc) is 2.86. The van der Waals surface area contributed by atoms with Crippen LogP contribution in [0.25, 0.3) is 11.0 Å². The highest BCUT2D eigenvalue weighted by atomic mass is 19.1. The van der Waals surface area contributed by atoms with Gasteiger partial charge in [0.15, 0.2) is 11.4 Å². The number of rotatable bonds is 3. The smallest absolute Gasteiger partial charge is 0.169 e. The summed E-state index contributed by atoms with van der Waals surface area (Å²) in [5.74, 6) is 5.76. The summed E-state index contributed by atoms with van der Waals surface area (Å²) in [4.78, 5) is 3.95. The first-order valence-corrected chi connectivity index (χ1v) is 5.83. The van der Waals surface area contributed by atoms with Crippen molar-refractivity contribution in [2.24, 2.45) is 5.84 Å². The summed E-state index contributed by atoms with van der Waals surface area (Å²) in [6.07, 6.45) is 3.34. The summed E-state index contributed by atoms with van der Waals surface area (Å²) in [7, 11) is 0. The number of fused-ring (bicyclic) bond motifs is 1. The van der Waals surface area contributed by atoms with Gasteiger partial charge in [-0.3, -0.25) is 10.8 Å². The van der Waals surface area contributed by atoms with Crippen molar-refractivity contribution in [1.82, 2.24) is 10.4 Å². The van der Waals surface area contributed by atoms with Crippen molar-refractivity contribution >= 4 is 11.0 Å². The molecule has 0 aliphatic heterocycles. The van der Waals surface area contributed by atoms with Crippen LogP contribution in [-0.2, 0) is 0 Å². The van der Waals surface area contributed by atoms with E-state index in [9.17, 15) is 4.39 Å². The van der Waals surface area contributed by atoms with E-state index in [1.807, 2.05) is 12.1 Å². The van der Waals surface area contributed by atoms with Crippen molar-refractivity contribution in [2.45, 2.75) is 6.04 Å². The third-order valence-corrected chi connectivity index (χ3v) is 3.01. The van der Waals surface area contributed by atoms with E-state index in [4.69, 9.17) is 10.3 Å². The predicted molar refractivity (Wildman–Crippen MR) is 69.6 cm³/mol. The number of para-hydroxylation sites is 1. The topological polar surface area (TPSA) is 64.1 Å². The zero-order valence-electron chi connectivity index (χ0n) is 10.0. The molecule has 2 aromatic heterocycles. The first-order valence-electron chi connectivity index (χ1n) is 5.83. The van der Waals surface area contributed by atoms with Crippen molar-refractivity contribution in [3.63, 3.8) is 0 Å². The van der Waals surface area contributed by atoms with Crippen LogP contribution < -0.4 is 11.3 Å². The van der Waals surface area contributed by atoms with Crippen molar-refractivity contribution in [3.8, 4) is 0 Å². The second-order valence-corrected chi connectivity index (χ2v) is 4.19. The minimum absolute atomic E-state index is 0.242. The van der Waals surface area contributed by atoms with Crippen molar-refractivity contribution in [2.75, 3.05) is 0 Å². The Kier molecular flexibility index (Phi) is 2.98. The van der Waals surface area contributed by atoms with Gasteiger partial charge in [0, 0.05) is 17.8 Å². The molecule has 3 rings (SSSR count). The number of nitrogens with one attached hydrogen (secondary N) is 1. The molecule has 5 heteroatoms. The van der Waals surface area contributed by atoms with Crippen LogP contribution in [0.5, 0.6) is 0 Å². The Morgan fingerprint density at radius 1 is 1.21 bits per heavy atom. The third kappa shape index (κ3) is 2.09. The average molecular weight is 257 g/mol. The highest BCUT2D eigenvalue weighted by Gasteiger charge is 2.18. The maximum Gasteiger partial charge on any atom is 0.169 e. The molecule has 0 fully saturated rings. The highest BCUT2D eigenvalue weighted by molar-refractivity contribution is 5.78. The minimum Gasteiger partial charge on any atom is -0.456 e. The molecule has 2 heterocycles. The lowest BCUT2D eigenvalue weighted by atomic mass is 10.1. The summed E-state index contributed by atoms with van der Waals surface area (Å²) >= 11 is 0. The van der Waals surface area contributed by atoms with Gasteiger partial charge >= 0.3 is 0 Å². The molecule has 0 bridgehead atoms. The van der Waals surface area contributed by atoms with Crippen LogP contribution in [0.3, 0.4) is 0 Å². The number of hydrogen-bond acceptors (Lipinski definition) is 4. The van der Waals surface area contributed by atoms with Gasteiger partial charge in [-0.1, -0.05) is 12.1 Å². The molecule has 96 valence electrons. The zero-order chi connectivity index (χ0) is 13.2. The second kappa shape index (κ2) is 4.79. The Morgan fingerprint density at radius 2 is 2.00 bits per heavy atom. The SMILES string of the molecule is NNC(c1ccncc1)c1cc2cccc(F)c2o1. The van der Waals surface area contributed by atoms with Crippen LogP contribution in [0.4, 0.5) is 4.39 Å². The number of pyridine rings is 1. The molecule has 1 unspecified atom stereocenters. The van der Waals surface area contributed by atoms with Crippen LogP contribution in [0.1, 0.15) is 17.4 Å². The number of aromatic nitrogens is 1. The van der Waals surface area contributed by atoms with Crippen LogP contribution >= 0.6 is 0 Å². The van der Waals surface area contributed by atoms with Gasteiger partial charge in [-0.25, -0.2) is 9.82 Å². The summed E-state index contributed by atoms with van der Waals surface area (Å²) in [6, 6.07) is 9.91. The van der Waals surface area contributed by atoms with Crippen LogP contribution in [-0.4, -0.2) is 4.98 Å². The molecule has 0 spiro atoms. The standard InChI is InChI=1S/C14H12FN3O/c15-11-3-1-2-10-8-12(19-14(10)11)13(18-16)9-4-6-17-7-5-9/h1-8,13,18H,16H2. The van der Waals surface area contributed by atoms with E-state index in [-0.39, 0.29) is 17.4 Å². The Bertz CT molecular complexity index is 696. The normalized spacial score (nSPS) is 12.7. The molecule has 3 N–H and O–H groups in total. The van der Waals surface area contributed by atoms with Gasteiger partial charge in [0.1, 0.15) is 11.8 Å². The highest BCUT2D eigenvalue weighted by Crippen LogP contribution is 2.28. The summed E-state index contributed by atoms with van der Waals surface area (Å²) < 4.78 is 19.2. The fourth-order valence-corrected chi connectivity index (χ4v) is 2.09. The number of furan rings is 1. The largest absolute Gasteiger partial charge is 0.456 e. The molecule has 0 saturated carbocycles. The number of nitrogens with two attached hydrogens (primary N) is 1. The fourth-order valence-electron chi connectivity index (χ4n) is 2.09. The van der Waals surface area contributed by atoms with Crippen LogP contribution in [0.15, 0.2) is 53.2 Å². The number of benzene rings is 1. The van der Waals surface area contributed by atoms with Crippen LogP contribution in [0.2, 0.25) is 0 Å². The Labute approximate surface area is 109 Å². The zero-order valence-corrected chi connectivity index (χ0v) is 10.0. The van der Waals surface area contributed by atoms with Gasteiger partial charge in [0.05, 0.1) is 0 Å². The lowest BCUT2D eigenvalue weighted by molar-refractivity contribution is 0.465. The van der Waals surface area contributed by atoms with E-state index in [1.165, 1.54) is 6.07 Å². The Morgan fingerprint density at radius 3 is 2.68 bits per heavy atom. The number of nitrogens with zero attached hydrogens (tertiary/aromatic N) is 1. The monoisotopic (exact) mass is 257 g/mol. The fraction of sp³-hybridized carbons (Fsp3) is 0.0714. The second-order valence-electron chi connectivity index (χ2n) is 4.19. The Hall–Kier alpha value is -2.24. The van der Waals surface area contributed by atoms with Crippen molar-refractivity contribution in [3.05, 3.63) is 65.9 Å². The van der Waals surface area contributed by atoms with Crippen molar-refractivity contribution < 1.29 is 8.81 Å². The maximum atomic E-state index is 13.6. The molecule has 1 aromatic carbocycles. The van der Waals surface area contributed by atoms with Gasteiger partial charge in [0.25, 0.3) is 0 Å². The predicted octanol–water partition coefficient (Wildman–Crippen LogP) is 2.52. The van der Waals surface area contributed by atoms with Gasteiger partial charge in [-0.15, -0.1) is 0 Å². The summed E-state index contributed by atoms with van der Waals surface area (Å²) in [5, 5.41) is 0.712. The lowest BCUT2D eigenvalue weighted by Gasteiger charge is -2.12. The molecule has 19 heavy (non-hydrogen) atoms. The van der Waals surface area contributed by atoms with E-state index in [1.54, 1.807) is 30.6 Å². The van der Waals surface area contributed by atoms with E-state index in [0.29, 0.717) is 11.1 Å². The summed E-state index contributed by atoms with van der Waals surface area (Å²) in [6.45, 7) is 0. The van der Waals surface area contributed by atoms with Gasteiger partial charge < -0.3 is 4.42 Å². The van der Waals surface area contributed by atoms with E-state index in [0.717, 1.165) is 5.56 Å². The molecule has 4 nitrogen and oxygen atoms in total. The van der Waals surface area contributed by atoms with Gasteiger partial charge in [-0.2, -0.15) is 0 Å². The van der Waals surface area contributed by atoms with Crippen LogP contribution in [0, 0.1) is 5.82 Å². The van der Waals surface area contributed by atoms with E-state index >= 15 is 0 Å². The molecular weight excluding hydrogens is 245 g/mol. The van der Waals surface area contributed by atoms with Gasteiger partial charge in [0.2, 0.25) is 0 Å². The number of hydrogen-bond donors (Lipinski definition) is 2. The first kappa shape index (κ1) is 11.8. The van der Waals surface area contributed by atoms with Gasteiger partial charge in [-0.05, 0) is 29.8 Å². The quantitative estimate of drug-likeness (QED) is 0.559. The molecular formula is C14H12FN3O. The molecule has 0 amide bonds. The molecule has 0 aliphatic carbocycles.